The SMILES string of the molecule is CCOc1ccc(OCCC(=O)OCC(=O)Nc2cc(Cl)ccc2OC)cc1. The summed E-state index contributed by atoms with van der Waals surface area (Å²) in [5.74, 6) is 0.770. The summed E-state index contributed by atoms with van der Waals surface area (Å²) in [5, 5.41) is 3.03. The second-order valence-electron chi connectivity index (χ2n) is 5.56. The van der Waals surface area contributed by atoms with Crippen molar-refractivity contribution in [2.45, 2.75) is 13.3 Å². The van der Waals surface area contributed by atoms with E-state index < -0.39 is 18.5 Å². The summed E-state index contributed by atoms with van der Waals surface area (Å²) in [4.78, 5) is 23.7. The minimum absolute atomic E-state index is 0.0149. The lowest BCUT2D eigenvalue weighted by Gasteiger charge is -2.11. The highest BCUT2D eigenvalue weighted by molar-refractivity contribution is 6.31. The van der Waals surface area contributed by atoms with Crippen LogP contribution in [0.4, 0.5) is 5.69 Å². The zero-order valence-corrected chi connectivity index (χ0v) is 16.5. The van der Waals surface area contributed by atoms with Gasteiger partial charge in [-0.05, 0) is 49.4 Å². The van der Waals surface area contributed by atoms with Gasteiger partial charge in [-0.3, -0.25) is 9.59 Å². The summed E-state index contributed by atoms with van der Waals surface area (Å²) >= 11 is 5.90. The van der Waals surface area contributed by atoms with Crippen LogP contribution in [0.1, 0.15) is 13.3 Å². The summed E-state index contributed by atoms with van der Waals surface area (Å²) in [5.41, 5.74) is 0.398. The molecule has 0 spiro atoms. The van der Waals surface area contributed by atoms with Crippen molar-refractivity contribution < 1.29 is 28.5 Å². The molecule has 1 N–H and O–H groups in total. The van der Waals surface area contributed by atoms with E-state index in [4.69, 9.17) is 30.5 Å². The standard InChI is InChI=1S/C20H22ClNO6/c1-3-26-15-5-7-16(8-6-15)27-11-10-20(24)28-13-19(23)22-17-12-14(21)4-9-18(17)25-2/h4-9,12H,3,10-11,13H2,1-2H3,(H,22,23). The lowest BCUT2D eigenvalue weighted by molar-refractivity contribution is -0.147. The van der Waals surface area contributed by atoms with E-state index in [-0.39, 0.29) is 13.0 Å². The molecule has 2 rings (SSSR count). The van der Waals surface area contributed by atoms with Gasteiger partial charge >= 0.3 is 5.97 Å². The highest BCUT2D eigenvalue weighted by atomic mass is 35.5. The molecule has 0 bridgehead atoms. The number of hydrogen-bond donors (Lipinski definition) is 1. The van der Waals surface area contributed by atoms with Gasteiger partial charge in [-0.15, -0.1) is 0 Å². The third kappa shape index (κ3) is 7.00. The fourth-order valence-corrected chi connectivity index (χ4v) is 2.41. The minimum atomic E-state index is -0.542. The highest BCUT2D eigenvalue weighted by Crippen LogP contribution is 2.27. The lowest BCUT2D eigenvalue weighted by Crippen LogP contribution is -2.22. The van der Waals surface area contributed by atoms with Crippen LogP contribution in [0.15, 0.2) is 42.5 Å². The molecule has 1 amide bonds. The minimum Gasteiger partial charge on any atom is -0.495 e. The smallest absolute Gasteiger partial charge is 0.309 e. The van der Waals surface area contributed by atoms with E-state index in [0.717, 1.165) is 5.75 Å². The molecule has 8 heteroatoms. The Balaban J connectivity index is 1.70. The van der Waals surface area contributed by atoms with Crippen LogP contribution in [0.25, 0.3) is 0 Å². The first kappa shape index (κ1) is 21.4. The molecule has 2 aromatic rings. The average Bonchev–Trinajstić information content (AvgIpc) is 2.68. The molecular formula is C20H22ClNO6. The van der Waals surface area contributed by atoms with E-state index >= 15 is 0 Å². The molecule has 7 nitrogen and oxygen atoms in total. The van der Waals surface area contributed by atoms with Crippen molar-refractivity contribution in [1.82, 2.24) is 0 Å². The molecule has 0 aliphatic carbocycles. The van der Waals surface area contributed by atoms with E-state index in [0.29, 0.717) is 28.8 Å². The number of amides is 1. The Labute approximate surface area is 168 Å². The van der Waals surface area contributed by atoms with Crippen molar-refractivity contribution in [3.05, 3.63) is 47.5 Å². The van der Waals surface area contributed by atoms with E-state index in [2.05, 4.69) is 5.32 Å². The zero-order valence-electron chi connectivity index (χ0n) is 15.7. The van der Waals surface area contributed by atoms with Crippen molar-refractivity contribution in [3.63, 3.8) is 0 Å². The predicted octanol–water partition coefficient (Wildman–Crippen LogP) is 3.70. The molecule has 28 heavy (non-hydrogen) atoms. The summed E-state index contributed by atoms with van der Waals surface area (Å²) in [6, 6.07) is 11.9. The molecule has 150 valence electrons. The fourth-order valence-electron chi connectivity index (χ4n) is 2.23. The quantitative estimate of drug-likeness (QED) is 0.605. The largest absolute Gasteiger partial charge is 0.495 e. The van der Waals surface area contributed by atoms with Crippen molar-refractivity contribution in [3.8, 4) is 17.2 Å². The Morgan fingerprint density at radius 2 is 1.71 bits per heavy atom. The van der Waals surface area contributed by atoms with Crippen LogP contribution in [0.2, 0.25) is 5.02 Å². The highest BCUT2D eigenvalue weighted by Gasteiger charge is 2.11. The second-order valence-corrected chi connectivity index (χ2v) is 5.99. The molecule has 0 aromatic heterocycles. The first-order valence-electron chi connectivity index (χ1n) is 8.66. The Morgan fingerprint density at radius 1 is 1.04 bits per heavy atom. The number of hydrogen-bond acceptors (Lipinski definition) is 6. The number of carbonyl (C=O) groups excluding carboxylic acids is 2. The summed E-state index contributed by atoms with van der Waals surface area (Å²) in [6.45, 7) is 2.21. The van der Waals surface area contributed by atoms with E-state index in [1.54, 1.807) is 42.5 Å². The van der Waals surface area contributed by atoms with Crippen LogP contribution in [0, 0.1) is 0 Å². The van der Waals surface area contributed by atoms with E-state index in [9.17, 15) is 9.59 Å². The molecule has 2 aromatic carbocycles. The van der Waals surface area contributed by atoms with Gasteiger partial charge in [-0.1, -0.05) is 11.6 Å². The normalized spacial score (nSPS) is 10.1. The van der Waals surface area contributed by atoms with Crippen LogP contribution >= 0.6 is 11.6 Å². The monoisotopic (exact) mass is 407 g/mol. The van der Waals surface area contributed by atoms with Crippen LogP contribution in [0.3, 0.4) is 0 Å². The molecule has 0 radical (unpaired) electrons. The summed E-state index contributed by atoms with van der Waals surface area (Å²) in [7, 11) is 1.48. The van der Waals surface area contributed by atoms with Crippen molar-refractivity contribution in [1.29, 1.82) is 0 Å². The Morgan fingerprint density at radius 3 is 2.36 bits per heavy atom. The van der Waals surface area contributed by atoms with Crippen molar-refractivity contribution in [2.24, 2.45) is 0 Å². The Bertz CT molecular complexity index is 794. The number of carbonyl (C=O) groups is 2. The number of methoxy groups -OCH3 is 1. The molecule has 0 aliphatic rings. The van der Waals surface area contributed by atoms with Crippen molar-refractivity contribution in [2.75, 3.05) is 32.2 Å². The first-order chi connectivity index (χ1) is 13.5. The number of ether oxygens (including phenoxy) is 4. The predicted molar refractivity (Wildman–Crippen MR) is 105 cm³/mol. The number of halogens is 1. The molecule has 0 fully saturated rings. The third-order valence-corrected chi connectivity index (χ3v) is 3.74. The van der Waals surface area contributed by atoms with Gasteiger partial charge in [-0.25, -0.2) is 0 Å². The van der Waals surface area contributed by atoms with Gasteiger partial charge in [0, 0.05) is 5.02 Å². The zero-order chi connectivity index (χ0) is 20.4. The van der Waals surface area contributed by atoms with Crippen LogP contribution in [0.5, 0.6) is 17.2 Å². The van der Waals surface area contributed by atoms with Crippen LogP contribution < -0.4 is 19.5 Å². The first-order valence-corrected chi connectivity index (χ1v) is 9.04. The number of nitrogens with one attached hydrogen (secondary N) is 1. The average molecular weight is 408 g/mol. The molecule has 0 saturated carbocycles. The molecule has 0 unspecified atom stereocenters. The lowest BCUT2D eigenvalue weighted by atomic mass is 10.3. The topological polar surface area (TPSA) is 83.1 Å². The van der Waals surface area contributed by atoms with Gasteiger partial charge in [-0.2, -0.15) is 0 Å². The maximum absolute atomic E-state index is 11.9. The van der Waals surface area contributed by atoms with E-state index in [1.165, 1.54) is 7.11 Å². The maximum Gasteiger partial charge on any atom is 0.309 e. The molecule has 0 aliphatic heterocycles. The Hall–Kier alpha value is -2.93. The van der Waals surface area contributed by atoms with Gasteiger partial charge in [0.05, 0.1) is 32.4 Å². The molecule has 0 atom stereocenters. The fraction of sp³-hybridized carbons (Fsp3) is 0.300. The van der Waals surface area contributed by atoms with Gasteiger partial charge in [0.1, 0.15) is 17.2 Å². The van der Waals surface area contributed by atoms with E-state index in [1.807, 2.05) is 6.92 Å². The number of anilines is 1. The van der Waals surface area contributed by atoms with Gasteiger partial charge < -0.3 is 24.3 Å². The number of esters is 1. The Kier molecular flexibility index (Phi) is 8.42. The van der Waals surface area contributed by atoms with Crippen molar-refractivity contribution >= 4 is 29.2 Å². The molecule has 0 heterocycles. The van der Waals surface area contributed by atoms with Gasteiger partial charge in [0.15, 0.2) is 6.61 Å². The molecular weight excluding hydrogens is 386 g/mol. The number of rotatable bonds is 10. The summed E-state index contributed by atoms with van der Waals surface area (Å²) in [6.07, 6.45) is 0.0149. The number of benzene rings is 2. The van der Waals surface area contributed by atoms with Crippen LogP contribution in [-0.4, -0.2) is 38.8 Å². The van der Waals surface area contributed by atoms with Gasteiger partial charge in [0.25, 0.3) is 5.91 Å². The third-order valence-electron chi connectivity index (χ3n) is 3.51. The second kappa shape index (κ2) is 11.0. The summed E-state index contributed by atoms with van der Waals surface area (Å²) < 4.78 is 20.9. The maximum atomic E-state index is 11.9. The molecule has 0 saturated heterocycles. The van der Waals surface area contributed by atoms with Gasteiger partial charge in [0.2, 0.25) is 0 Å². The van der Waals surface area contributed by atoms with Crippen LogP contribution in [-0.2, 0) is 14.3 Å².